The zero-order valence-electron chi connectivity index (χ0n) is 9.36. The van der Waals surface area contributed by atoms with Crippen LogP contribution >= 0.6 is 24.0 Å². The van der Waals surface area contributed by atoms with Crippen LogP contribution < -0.4 is 11.1 Å². The SMILES string of the molecule is C=C(Cl)CNC(=O)C(CN)c1ccccc1.Cl. The lowest BCUT2D eigenvalue weighted by Crippen LogP contribution is -2.34. The lowest BCUT2D eigenvalue weighted by molar-refractivity contribution is -0.122. The molecule has 0 fully saturated rings. The highest BCUT2D eigenvalue weighted by Gasteiger charge is 2.17. The largest absolute Gasteiger partial charge is 0.351 e. The van der Waals surface area contributed by atoms with Crippen molar-refractivity contribution in [1.82, 2.24) is 5.32 Å². The third-order valence-corrected chi connectivity index (χ3v) is 2.34. The van der Waals surface area contributed by atoms with Crippen molar-refractivity contribution in [1.29, 1.82) is 0 Å². The number of hydrogen-bond acceptors (Lipinski definition) is 2. The van der Waals surface area contributed by atoms with Crippen molar-refractivity contribution in [3.8, 4) is 0 Å². The first-order valence-electron chi connectivity index (χ1n) is 5.01. The van der Waals surface area contributed by atoms with E-state index in [4.69, 9.17) is 17.3 Å². The summed E-state index contributed by atoms with van der Waals surface area (Å²) in [5, 5.41) is 3.08. The predicted octanol–water partition coefficient (Wildman–Crippen LogP) is 2.02. The van der Waals surface area contributed by atoms with Crippen LogP contribution in [-0.4, -0.2) is 19.0 Å². The molecular formula is C12H16Cl2N2O. The van der Waals surface area contributed by atoms with Gasteiger partial charge in [-0.05, 0) is 5.56 Å². The Morgan fingerprint density at radius 3 is 2.47 bits per heavy atom. The molecule has 1 aromatic rings. The van der Waals surface area contributed by atoms with E-state index in [1.807, 2.05) is 30.3 Å². The van der Waals surface area contributed by atoms with Gasteiger partial charge in [-0.3, -0.25) is 4.79 Å². The van der Waals surface area contributed by atoms with E-state index in [0.29, 0.717) is 5.03 Å². The number of benzene rings is 1. The zero-order valence-corrected chi connectivity index (χ0v) is 10.9. The fourth-order valence-electron chi connectivity index (χ4n) is 1.39. The van der Waals surface area contributed by atoms with Crippen LogP contribution in [0.2, 0.25) is 0 Å². The Morgan fingerprint density at radius 1 is 1.41 bits per heavy atom. The second-order valence-electron chi connectivity index (χ2n) is 3.43. The van der Waals surface area contributed by atoms with Gasteiger partial charge in [-0.25, -0.2) is 0 Å². The van der Waals surface area contributed by atoms with Crippen molar-refractivity contribution >= 4 is 29.9 Å². The molecule has 1 aromatic carbocycles. The maximum absolute atomic E-state index is 11.8. The summed E-state index contributed by atoms with van der Waals surface area (Å²) < 4.78 is 0. The molecule has 0 saturated carbocycles. The molecule has 0 aliphatic heterocycles. The molecule has 5 heteroatoms. The van der Waals surface area contributed by atoms with Crippen molar-refractivity contribution in [2.75, 3.05) is 13.1 Å². The first-order valence-corrected chi connectivity index (χ1v) is 5.39. The summed E-state index contributed by atoms with van der Waals surface area (Å²) in [5.74, 6) is -0.465. The molecule has 0 radical (unpaired) electrons. The minimum atomic E-state index is -0.336. The maximum atomic E-state index is 11.8. The van der Waals surface area contributed by atoms with Gasteiger partial charge < -0.3 is 11.1 Å². The molecule has 94 valence electrons. The minimum absolute atomic E-state index is 0. The molecule has 0 bridgehead atoms. The first-order chi connectivity index (χ1) is 7.65. The average molecular weight is 275 g/mol. The molecule has 17 heavy (non-hydrogen) atoms. The van der Waals surface area contributed by atoms with E-state index in [2.05, 4.69) is 11.9 Å². The minimum Gasteiger partial charge on any atom is -0.351 e. The summed E-state index contributed by atoms with van der Waals surface area (Å²) in [6.45, 7) is 4.04. The van der Waals surface area contributed by atoms with Gasteiger partial charge in [0.15, 0.2) is 0 Å². The molecule has 0 aliphatic carbocycles. The Kier molecular flexibility index (Phi) is 7.63. The van der Waals surface area contributed by atoms with E-state index in [1.54, 1.807) is 0 Å². The molecular weight excluding hydrogens is 259 g/mol. The van der Waals surface area contributed by atoms with Gasteiger partial charge in [0.25, 0.3) is 0 Å². The number of hydrogen-bond donors (Lipinski definition) is 2. The molecule has 1 atom stereocenters. The van der Waals surface area contributed by atoms with Gasteiger partial charge in [0.1, 0.15) is 0 Å². The number of carbonyl (C=O) groups excluding carboxylic acids is 1. The summed E-state index contributed by atoms with van der Waals surface area (Å²) in [6.07, 6.45) is 0. The van der Waals surface area contributed by atoms with Crippen LogP contribution in [0.4, 0.5) is 0 Å². The van der Waals surface area contributed by atoms with E-state index in [0.717, 1.165) is 5.56 Å². The first kappa shape index (κ1) is 16.0. The lowest BCUT2D eigenvalue weighted by Gasteiger charge is -2.14. The quantitative estimate of drug-likeness (QED) is 0.863. The number of nitrogens with one attached hydrogen (secondary N) is 1. The third-order valence-electron chi connectivity index (χ3n) is 2.21. The van der Waals surface area contributed by atoms with E-state index < -0.39 is 0 Å². The summed E-state index contributed by atoms with van der Waals surface area (Å²) >= 11 is 5.58. The Labute approximate surface area is 112 Å². The van der Waals surface area contributed by atoms with Crippen LogP contribution in [0.3, 0.4) is 0 Å². The summed E-state index contributed by atoms with van der Waals surface area (Å²) in [7, 11) is 0. The molecule has 0 aliphatic rings. The van der Waals surface area contributed by atoms with Crippen LogP contribution in [0, 0.1) is 0 Å². The number of halogens is 2. The molecule has 0 heterocycles. The van der Waals surface area contributed by atoms with Crippen molar-refractivity contribution in [3.63, 3.8) is 0 Å². The van der Waals surface area contributed by atoms with E-state index >= 15 is 0 Å². The second-order valence-corrected chi connectivity index (χ2v) is 3.97. The van der Waals surface area contributed by atoms with Crippen LogP contribution in [0.5, 0.6) is 0 Å². The molecule has 0 spiro atoms. The Bertz CT molecular complexity index is 368. The topological polar surface area (TPSA) is 55.1 Å². The molecule has 3 nitrogen and oxygen atoms in total. The number of nitrogens with two attached hydrogens (primary N) is 1. The Balaban J connectivity index is 0.00000256. The van der Waals surface area contributed by atoms with E-state index in [-0.39, 0.29) is 37.3 Å². The molecule has 1 unspecified atom stereocenters. The average Bonchev–Trinajstić information content (AvgIpc) is 2.29. The van der Waals surface area contributed by atoms with Crippen molar-refractivity contribution in [2.24, 2.45) is 5.73 Å². The monoisotopic (exact) mass is 274 g/mol. The molecule has 3 N–H and O–H groups in total. The van der Waals surface area contributed by atoms with Crippen molar-refractivity contribution in [3.05, 3.63) is 47.5 Å². The summed E-state index contributed by atoms with van der Waals surface area (Å²) in [5.41, 5.74) is 6.50. The number of rotatable bonds is 5. The number of carbonyl (C=O) groups is 1. The van der Waals surface area contributed by atoms with Crippen LogP contribution in [0.15, 0.2) is 41.9 Å². The Hall–Kier alpha value is -1.03. The van der Waals surface area contributed by atoms with Gasteiger partial charge in [0.05, 0.1) is 12.5 Å². The highest BCUT2D eigenvalue weighted by atomic mass is 35.5. The van der Waals surface area contributed by atoms with Crippen molar-refractivity contribution < 1.29 is 4.79 Å². The van der Waals surface area contributed by atoms with Gasteiger partial charge in [-0.1, -0.05) is 48.5 Å². The van der Waals surface area contributed by atoms with Gasteiger partial charge in [-0.15, -0.1) is 12.4 Å². The van der Waals surface area contributed by atoms with Crippen LogP contribution in [0.25, 0.3) is 0 Å². The van der Waals surface area contributed by atoms with E-state index in [1.165, 1.54) is 0 Å². The highest BCUT2D eigenvalue weighted by molar-refractivity contribution is 6.29. The predicted molar refractivity (Wildman–Crippen MR) is 73.5 cm³/mol. The molecule has 1 amide bonds. The fraction of sp³-hybridized carbons (Fsp3) is 0.250. The van der Waals surface area contributed by atoms with E-state index in [9.17, 15) is 4.79 Å². The molecule has 0 aromatic heterocycles. The molecule has 0 saturated heterocycles. The molecule has 1 rings (SSSR count). The van der Waals surface area contributed by atoms with Gasteiger partial charge in [-0.2, -0.15) is 0 Å². The fourth-order valence-corrected chi connectivity index (χ4v) is 1.45. The van der Waals surface area contributed by atoms with Crippen molar-refractivity contribution in [2.45, 2.75) is 5.92 Å². The second kappa shape index (κ2) is 8.12. The standard InChI is InChI=1S/C12H15ClN2O.ClH/c1-9(13)8-15-12(16)11(7-14)10-5-3-2-4-6-10;/h2-6,11H,1,7-8,14H2,(H,15,16);1H. The summed E-state index contributed by atoms with van der Waals surface area (Å²) in [4.78, 5) is 11.8. The normalized spacial score (nSPS) is 11.2. The lowest BCUT2D eigenvalue weighted by atomic mass is 9.98. The Morgan fingerprint density at radius 2 is 2.00 bits per heavy atom. The van der Waals surface area contributed by atoms with Gasteiger partial charge in [0, 0.05) is 11.6 Å². The highest BCUT2D eigenvalue weighted by Crippen LogP contribution is 2.14. The number of amides is 1. The van der Waals surface area contributed by atoms with Crippen LogP contribution in [0.1, 0.15) is 11.5 Å². The zero-order chi connectivity index (χ0) is 12.0. The van der Waals surface area contributed by atoms with Gasteiger partial charge in [0.2, 0.25) is 5.91 Å². The van der Waals surface area contributed by atoms with Gasteiger partial charge >= 0.3 is 0 Å². The summed E-state index contributed by atoms with van der Waals surface area (Å²) in [6, 6.07) is 9.42. The van der Waals surface area contributed by atoms with Crippen LogP contribution in [-0.2, 0) is 4.79 Å². The smallest absolute Gasteiger partial charge is 0.229 e. The maximum Gasteiger partial charge on any atom is 0.229 e. The third kappa shape index (κ3) is 5.22.